The van der Waals surface area contributed by atoms with Gasteiger partial charge in [0, 0.05) is 45.8 Å². The van der Waals surface area contributed by atoms with E-state index in [1.54, 1.807) is 4.68 Å². The maximum absolute atomic E-state index is 5.43. The summed E-state index contributed by atoms with van der Waals surface area (Å²) >= 11 is 0. The Morgan fingerprint density at radius 2 is 1.78 bits per heavy atom. The number of rotatable bonds is 4. The van der Waals surface area contributed by atoms with Gasteiger partial charge in [0.25, 0.3) is 0 Å². The molecule has 0 bridgehead atoms. The van der Waals surface area contributed by atoms with Gasteiger partial charge in [0.1, 0.15) is 0 Å². The van der Waals surface area contributed by atoms with E-state index in [-0.39, 0.29) is 0 Å². The monoisotopic (exact) mass is 315 g/mol. The van der Waals surface area contributed by atoms with Crippen molar-refractivity contribution >= 4 is 5.95 Å². The zero-order valence-corrected chi connectivity index (χ0v) is 14.4. The Balaban J connectivity index is 1.77. The molecule has 0 unspecified atom stereocenters. The summed E-state index contributed by atoms with van der Waals surface area (Å²) in [7, 11) is 5.86. The predicted molar refractivity (Wildman–Crippen MR) is 91.6 cm³/mol. The highest BCUT2D eigenvalue weighted by atomic mass is 16.5. The van der Waals surface area contributed by atoms with Gasteiger partial charge in [-0.1, -0.05) is 24.3 Å². The number of morpholine rings is 1. The molecule has 0 amide bonds. The van der Waals surface area contributed by atoms with Crippen LogP contribution in [0, 0.1) is 0 Å². The zero-order valence-electron chi connectivity index (χ0n) is 14.4. The average Bonchev–Trinajstić information content (AvgIpc) is 2.97. The second-order valence-electron chi connectivity index (χ2n) is 6.20. The van der Waals surface area contributed by atoms with Crippen LogP contribution in [0.5, 0.6) is 0 Å². The molecule has 1 fully saturated rings. The van der Waals surface area contributed by atoms with E-state index in [9.17, 15) is 0 Å². The molecule has 0 spiro atoms. The number of aryl methyl sites for hydroxylation is 1. The molecular weight excluding hydrogens is 290 g/mol. The lowest BCUT2D eigenvalue weighted by Crippen LogP contribution is -2.37. The van der Waals surface area contributed by atoms with Crippen molar-refractivity contribution in [3.63, 3.8) is 0 Å². The maximum Gasteiger partial charge on any atom is 0.223 e. The van der Waals surface area contributed by atoms with Gasteiger partial charge in [0.2, 0.25) is 5.95 Å². The molecule has 124 valence electrons. The largest absolute Gasteiger partial charge is 0.379 e. The van der Waals surface area contributed by atoms with E-state index in [1.165, 1.54) is 5.56 Å². The maximum atomic E-state index is 5.43. The van der Waals surface area contributed by atoms with Crippen LogP contribution < -0.4 is 4.90 Å². The third-order valence-electron chi connectivity index (χ3n) is 4.38. The molecule has 1 aliphatic rings. The van der Waals surface area contributed by atoms with Gasteiger partial charge < -0.3 is 9.64 Å². The fourth-order valence-corrected chi connectivity index (χ4v) is 2.97. The first-order valence-corrected chi connectivity index (χ1v) is 8.07. The SMILES string of the molecule is C[C@@H](c1ccc(-c2nc(N(C)C)n(C)n2)cc1)N1CCOCC1. The van der Waals surface area contributed by atoms with Crippen molar-refractivity contribution in [3.05, 3.63) is 29.8 Å². The summed E-state index contributed by atoms with van der Waals surface area (Å²) < 4.78 is 7.24. The predicted octanol–water partition coefficient (Wildman–Crippen LogP) is 1.94. The van der Waals surface area contributed by atoms with E-state index in [0.29, 0.717) is 6.04 Å². The Morgan fingerprint density at radius 1 is 1.13 bits per heavy atom. The topological polar surface area (TPSA) is 46.4 Å². The summed E-state index contributed by atoms with van der Waals surface area (Å²) in [5, 5.41) is 4.50. The lowest BCUT2D eigenvalue weighted by molar-refractivity contribution is 0.0198. The molecule has 6 nitrogen and oxygen atoms in total. The third-order valence-corrected chi connectivity index (χ3v) is 4.38. The van der Waals surface area contributed by atoms with Crippen LogP contribution in [0.2, 0.25) is 0 Å². The number of hydrogen-bond acceptors (Lipinski definition) is 5. The minimum absolute atomic E-state index is 0.405. The van der Waals surface area contributed by atoms with E-state index < -0.39 is 0 Å². The molecule has 1 aromatic carbocycles. The molecule has 0 N–H and O–H groups in total. The number of aromatic nitrogens is 3. The van der Waals surface area contributed by atoms with Crippen molar-refractivity contribution in [2.75, 3.05) is 45.3 Å². The van der Waals surface area contributed by atoms with Crippen LogP contribution in [-0.4, -0.2) is 60.1 Å². The molecular formula is C17H25N5O. The van der Waals surface area contributed by atoms with Crippen LogP contribution in [0.15, 0.2) is 24.3 Å². The molecule has 1 aromatic heterocycles. The molecule has 3 rings (SSSR count). The first kappa shape index (κ1) is 16.0. The molecule has 2 heterocycles. The fourth-order valence-electron chi connectivity index (χ4n) is 2.97. The van der Waals surface area contributed by atoms with Crippen LogP contribution in [0.25, 0.3) is 11.4 Å². The Kier molecular flexibility index (Phi) is 4.63. The summed E-state index contributed by atoms with van der Waals surface area (Å²) in [5.41, 5.74) is 2.37. The summed E-state index contributed by atoms with van der Waals surface area (Å²) in [6, 6.07) is 8.99. The first-order chi connectivity index (χ1) is 11.1. The van der Waals surface area contributed by atoms with Crippen LogP contribution in [0.1, 0.15) is 18.5 Å². The van der Waals surface area contributed by atoms with E-state index in [1.807, 2.05) is 26.0 Å². The standard InChI is InChI=1S/C17H25N5O/c1-13(22-9-11-23-12-10-22)14-5-7-15(8-6-14)16-18-17(20(2)3)21(4)19-16/h5-8,13H,9-12H2,1-4H3/t13-/m0/s1. The van der Waals surface area contributed by atoms with Crippen molar-refractivity contribution in [1.82, 2.24) is 19.7 Å². The van der Waals surface area contributed by atoms with E-state index in [2.05, 4.69) is 46.2 Å². The molecule has 2 aromatic rings. The molecule has 23 heavy (non-hydrogen) atoms. The molecule has 1 atom stereocenters. The Labute approximate surface area is 137 Å². The number of benzene rings is 1. The normalized spacial score (nSPS) is 17.2. The van der Waals surface area contributed by atoms with Gasteiger partial charge in [-0.05, 0) is 12.5 Å². The van der Waals surface area contributed by atoms with E-state index in [0.717, 1.165) is 43.6 Å². The Morgan fingerprint density at radius 3 is 2.35 bits per heavy atom. The van der Waals surface area contributed by atoms with Gasteiger partial charge in [0.15, 0.2) is 5.82 Å². The van der Waals surface area contributed by atoms with Gasteiger partial charge in [-0.25, -0.2) is 4.68 Å². The van der Waals surface area contributed by atoms with Crippen molar-refractivity contribution in [1.29, 1.82) is 0 Å². The first-order valence-electron chi connectivity index (χ1n) is 8.07. The van der Waals surface area contributed by atoms with Gasteiger partial charge in [0.05, 0.1) is 13.2 Å². The van der Waals surface area contributed by atoms with Crippen LogP contribution in [-0.2, 0) is 11.8 Å². The lowest BCUT2D eigenvalue weighted by atomic mass is 10.0. The molecule has 1 saturated heterocycles. The quantitative estimate of drug-likeness (QED) is 0.863. The Bertz CT molecular complexity index is 644. The highest BCUT2D eigenvalue weighted by Crippen LogP contribution is 2.24. The van der Waals surface area contributed by atoms with Gasteiger partial charge in [-0.2, -0.15) is 4.98 Å². The highest BCUT2D eigenvalue weighted by molar-refractivity contribution is 5.57. The summed E-state index contributed by atoms with van der Waals surface area (Å²) in [4.78, 5) is 9.02. The highest BCUT2D eigenvalue weighted by Gasteiger charge is 2.18. The van der Waals surface area contributed by atoms with E-state index >= 15 is 0 Å². The van der Waals surface area contributed by atoms with Crippen molar-refractivity contribution in [2.45, 2.75) is 13.0 Å². The van der Waals surface area contributed by atoms with Crippen molar-refractivity contribution < 1.29 is 4.74 Å². The molecule has 0 saturated carbocycles. The van der Waals surface area contributed by atoms with E-state index in [4.69, 9.17) is 4.74 Å². The minimum atomic E-state index is 0.405. The van der Waals surface area contributed by atoms with Crippen LogP contribution in [0.4, 0.5) is 5.95 Å². The van der Waals surface area contributed by atoms with Crippen molar-refractivity contribution in [2.24, 2.45) is 7.05 Å². The number of ether oxygens (including phenoxy) is 1. The number of nitrogens with zero attached hydrogens (tertiary/aromatic N) is 5. The second kappa shape index (κ2) is 6.68. The fraction of sp³-hybridized carbons (Fsp3) is 0.529. The lowest BCUT2D eigenvalue weighted by Gasteiger charge is -2.32. The summed E-state index contributed by atoms with van der Waals surface area (Å²) in [5.74, 6) is 1.62. The van der Waals surface area contributed by atoms with Crippen LogP contribution in [0.3, 0.4) is 0 Å². The Hall–Kier alpha value is -1.92. The summed E-state index contributed by atoms with van der Waals surface area (Å²) in [6.45, 7) is 5.90. The number of hydrogen-bond donors (Lipinski definition) is 0. The number of anilines is 1. The molecule has 1 aliphatic heterocycles. The smallest absolute Gasteiger partial charge is 0.223 e. The second-order valence-corrected chi connectivity index (χ2v) is 6.20. The van der Waals surface area contributed by atoms with Gasteiger partial charge >= 0.3 is 0 Å². The minimum Gasteiger partial charge on any atom is -0.379 e. The van der Waals surface area contributed by atoms with Gasteiger partial charge in [-0.3, -0.25) is 4.90 Å². The molecule has 0 radical (unpaired) electrons. The molecule has 6 heteroatoms. The van der Waals surface area contributed by atoms with Crippen molar-refractivity contribution in [3.8, 4) is 11.4 Å². The summed E-state index contributed by atoms with van der Waals surface area (Å²) in [6.07, 6.45) is 0. The zero-order chi connectivity index (χ0) is 16.4. The van der Waals surface area contributed by atoms with Crippen LogP contribution >= 0.6 is 0 Å². The average molecular weight is 315 g/mol. The molecule has 0 aliphatic carbocycles. The third kappa shape index (κ3) is 3.38. The van der Waals surface area contributed by atoms with Gasteiger partial charge in [-0.15, -0.1) is 5.10 Å².